The van der Waals surface area contributed by atoms with Crippen molar-refractivity contribution in [2.45, 2.75) is 40.5 Å². The molecule has 0 radical (unpaired) electrons. The Bertz CT molecular complexity index is 1040. The maximum Gasteiger partial charge on any atom is 0.230 e. The Hall–Kier alpha value is -2.44. The van der Waals surface area contributed by atoms with E-state index in [-0.39, 0.29) is 11.4 Å². The molecule has 0 aliphatic carbocycles. The molecule has 0 aliphatic rings. The molecule has 144 valence electrons. The second-order valence-electron chi connectivity index (χ2n) is 7.74. The van der Waals surface area contributed by atoms with Crippen molar-refractivity contribution in [2.24, 2.45) is 0 Å². The number of benzene rings is 3. The maximum absolute atomic E-state index is 14.7. The van der Waals surface area contributed by atoms with Crippen molar-refractivity contribution in [3.63, 3.8) is 0 Å². The van der Waals surface area contributed by atoms with Crippen LogP contribution in [0.2, 0.25) is 0 Å². The Kier molecular flexibility index (Phi) is 5.72. The van der Waals surface area contributed by atoms with Crippen LogP contribution in [0.3, 0.4) is 0 Å². The van der Waals surface area contributed by atoms with E-state index in [4.69, 9.17) is 0 Å². The van der Waals surface area contributed by atoms with Crippen LogP contribution < -0.4 is 10.6 Å². The highest BCUT2D eigenvalue weighted by Crippen LogP contribution is 2.49. The van der Waals surface area contributed by atoms with Crippen LogP contribution in [-0.2, 0) is 4.57 Å². The third kappa shape index (κ3) is 3.50. The molecule has 0 aromatic heterocycles. The SMILES string of the molecule is Cc1cc(C)c(C(=O)P(=O)(c2ccccc2)c2ccccc2C(C)C)c(C)c1. The van der Waals surface area contributed by atoms with E-state index in [2.05, 4.69) is 13.8 Å². The smallest absolute Gasteiger partial charge is 0.230 e. The van der Waals surface area contributed by atoms with Crippen LogP contribution in [0.1, 0.15) is 52.4 Å². The molecule has 1 unspecified atom stereocenters. The summed E-state index contributed by atoms with van der Waals surface area (Å²) >= 11 is 0. The first kappa shape index (κ1) is 20.3. The van der Waals surface area contributed by atoms with Crippen LogP contribution in [0.5, 0.6) is 0 Å². The Balaban J connectivity index is 2.35. The Labute approximate surface area is 168 Å². The van der Waals surface area contributed by atoms with E-state index < -0.39 is 7.14 Å². The summed E-state index contributed by atoms with van der Waals surface area (Å²) in [5.41, 5.74) is 4.12. The topological polar surface area (TPSA) is 34.1 Å². The zero-order valence-electron chi connectivity index (χ0n) is 17.2. The van der Waals surface area contributed by atoms with E-state index in [1.165, 1.54) is 0 Å². The van der Waals surface area contributed by atoms with Gasteiger partial charge in [-0.2, -0.15) is 0 Å². The monoisotopic (exact) mass is 390 g/mol. The molecule has 3 aromatic carbocycles. The number of hydrogen-bond acceptors (Lipinski definition) is 2. The van der Waals surface area contributed by atoms with E-state index in [9.17, 15) is 9.36 Å². The molecule has 0 aliphatic heterocycles. The van der Waals surface area contributed by atoms with Gasteiger partial charge in [0.25, 0.3) is 0 Å². The lowest BCUT2D eigenvalue weighted by molar-refractivity contribution is 0.107. The molecule has 0 spiro atoms. The van der Waals surface area contributed by atoms with Crippen LogP contribution in [0, 0.1) is 20.8 Å². The van der Waals surface area contributed by atoms with Crippen LogP contribution in [0.4, 0.5) is 0 Å². The first-order chi connectivity index (χ1) is 13.3. The lowest BCUT2D eigenvalue weighted by atomic mass is 10.0. The summed E-state index contributed by atoms with van der Waals surface area (Å²) in [5.74, 6) is 0.168. The summed E-state index contributed by atoms with van der Waals surface area (Å²) < 4.78 is 14.7. The number of carbonyl (C=O) groups is 1. The highest BCUT2D eigenvalue weighted by Gasteiger charge is 2.39. The van der Waals surface area contributed by atoms with E-state index in [0.717, 1.165) is 22.3 Å². The molecule has 0 saturated heterocycles. The van der Waals surface area contributed by atoms with Gasteiger partial charge in [-0.3, -0.25) is 4.79 Å². The quantitative estimate of drug-likeness (QED) is 0.509. The van der Waals surface area contributed by atoms with Crippen molar-refractivity contribution < 1.29 is 9.36 Å². The Morgan fingerprint density at radius 1 is 0.821 bits per heavy atom. The van der Waals surface area contributed by atoms with Crippen LogP contribution >= 0.6 is 7.14 Å². The van der Waals surface area contributed by atoms with E-state index in [1.54, 1.807) is 0 Å². The minimum absolute atomic E-state index is 0.168. The summed E-state index contributed by atoms with van der Waals surface area (Å²) in [6, 6.07) is 20.9. The third-order valence-electron chi connectivity index (χ3n) is 5.19. The number of carbonyl (C=O) groups excluding carboxylic acids is 1. The molecule has 28 heavy (non-hydrogen) atoms. The molecular weight excluding hydrogens is 363 g/mol. The molecule has 0 amide bonds. The van der Waals surface area contributed by atoms with Crippen molar-refractivity contribution in [1.29, 1.82) is 0 Å². The lowest BCUT2D eigenvalue weighted by Gasteiger charge is -2.24. The minimum Gasteiger partial charge on any atom is -0.305 e. The van der Waals surface area contributed by atoms with Crippen LogP contribution in [0.15, 0.2) is 66.7 Å². The molecule has 2 nitrogen and oxygen atoms in total. The average Bonchev–Trinajstić information content (AvgIpc) is 2.67. The zero-order valence-corrected chi connectivity index (χ0v) is 18.1. The zero-order chi connectivity index (χ0) is 20.5. The van der Waals surface area contributed by atoms with Gasteiger partial charge < -0.3 is 4.57 Å². The fourth-order valence-electron chi connectivity index (χ4n) is 3.94. The fraction of sp³-hybridized carbons (Fsp3) is 0.240. The standard InChI is InChI=1S/C25H27O2P/c1-17(2)22-13-9-10-14-23(22)28(27,21-11-7-6-8-12-21)25(26)24-19(4)15-18(3)16-20(24)5/h6-17H,1-5H3. The van der Waals surface area contributed by atoms with Gasteiger partial charge in [0.1, 0.15) is 0 Å². The molecule has 0 N–H and O–H groups in total. The predicted octanol–water partition coefficient (Wildman–Crippen LogP) is 5.89. The molecule has 3 heteroatoms. The molecule has 3 aromatic rings. The van der Waals surface area contributed by atoms with Gasteiger partial charge in [-0.1, -0.05) is 86.1 Å². The number of aryl methyl sites for hydroxylation is 3. The summed E-state index contributed by atoms with van der Waals surface area (Å²) in [6.45, 7) is 10.0. The van der Waals surface area contributed by atoms with Crippen LogP contribution in [-0.4, -0.2) is 5.52 Å². The summed E-state index contributed by atoms with van der Waals surface area (Å²) in [5, 5.41) is 1.24. The Morgan fingerprint density at radius 3 is 1.93 bits per heavy atom. The van der Waals surface area contributed by atoms with Gasteiger partial charge in [0.2, 0.25) is 12.7 Å². The number of hydrogen-bond donors (Lipinski definition) is 0. The largest absolute Gasteiger partial charge is 0.305 e. The van der Waals surface area contributed by atoms with Gasteiger partial charge in [0, 0.05) is 16.2 Å². The van der Waals surface area contributed by atoms with Crippen molar-refractivity contribution >= 4 is 23.3 Å². The van der Waals surface area contributed by atoms with Crippen molar-refractivity contribution in [3.8, 4) is 0 Å². The van der Waals surface area contributed by atoms with Gasteiger partial charge in [-0.05, 0) is 43.4 Å². The molecule has 3 rings (SSSR count). The highest BCUT2D eigenvalue weighted by atomic mass is 31.2. The molecule has 0 heterocycles. The number of rotatable bonds is 5. The molecule has 0 bridgehead atoms. The van der Waals surface area contributed by atoms with E-state index in [0.29, 0.717) is 16.2 Å². The fourth-order valence-corrected chi connectivity index (χ4v) is 6.92. The first-order valence-corrected chi connectivity index (χ1v) is 11.4. The summed E-state index contributed by atoms with van der Waals surface area (Å²) in [7, 11) is -3.54. The summed E-state index contributed by atoms with van der Waals surface area (Å²) in [4.78, 5) is 13.9. The third-order valence-corrected chi connectivity index (χ3v) is 8.10. The van der Waals surface area contributed by atoms with Crippen molar-refractivity contribution in [3.05, 3.63) is 94.5 Å². The van der Waals surface area contributed by atoms with Crippen molar-refractivity contribution in [2.75, 3.05) is 0 Å². The van der Waals surface area contributed by atoms with Gasteiger partial charge in [0.15, 0.2) is 0 Å². The lowest BCUT2D eigenvalue weighted by Crippen LogP contribution is -2.26. The van der Waals surface area contributed by atoms with E-state index >= 15 is 0 Å². The average molecular weight is 390 g/mol. The summed E-state index contributed by atoms with van der Waals surface area (Å²) in [6.07, 6.45) is 0. The molecule has 1 atom stereocenters. The first-order valence-electron chi connectivity index (χ1n) is 9.64. The molecular formula is C25H27O2P. The minimum atomic E-state index is -3.54. The van der Waals surface area contributed by atoms with E-state index in [1.807, 2.05) is 87.5 Å². The van der Waals surface area contributed by atoms with Crippen molar-refractivity contribution in [1.82, 2.24) is 0 Å². The van der Waals surface area contributed by atoms with Crippen LogP contribution in [0.25, 0.3) is 0 Å². The van der Waals surface area contributed by atoms with Gasteiger partial charge in [0.05, 0.1) is 0 Å². The molecule has 0 saturated carbocycles. The van der Waals surface area contributed by atoms with Gasteiger partial charge >= 0.3 is 0 Å². The predicted molar refractivity (Wildman–Crippen MR) is 119 cm³/mol. The highest BCUT2D eigenvalue weighted by molar-refractivity contribution is 7.93. The second kappa shape index (κ2) is 7.89. The van der Waals surface area contributed by atoms with Gasteiger partial charge in [-0.15, -0.1) is 0 Å². The second-order valence-corrected chi connectivity index (χ2v) is 10.4. The Morgan fingerprint density at radius 2 is 1.36 bits per heavy atom. The van der Waals surface area contributed by atoms with Gasteiger partial charge in [-0.25, -0.2) is 0 Å². The molecule has 0 fully saturated rings. The maximum atomic E-state index is 14.7. The normalized spacial score (nSPS) is 13.4.